The molecule has 2 rings (SSSR count). The SMILES string of the molecule is N#C/C(=C/NCc1ccccc1)C(=O)Nc1cccc(C(F)(F)F)c1. The first-order valence-corrected chi connectivity index (χ1v) is 7.26. The van der Waals surface area contributed by atoms with E-state index in [1.165, 1.54) is 18.3 Å². The van der Waals surface area contributed by atoms with Crippen LogP contribution in [0.3, 0.4) is 0 Å². The molecule has 0 spiro atoms. The van der Waals surface area contributed by atoms with Gasteiger partial charge in [-0.1, -0.05) is 36.4 Å². The largest absolute Gasteiger partial charge is 0.416 e. The molecule has 7 heteroatoms. The van der Waals surface area contributed by atoms with Crippen LogP contribution < -0.4 is 10.6 Å². The molecule has 0 bridgehead atoms. The van der Waals surface area contributed by atoms with E-state index in [0.29, 0.717) is 6.54 Å². The molecular formula is C18H14F3N3O. The van der Waals surface area contributed by atoms with E-state index < -0.39 is 17.6 Å². The fourth-order valence-electron chi connectivity index (χ4n) is 1.99. The Bertz CT molecular complexity index is 808. The molecule has 0 aromatic heterocycles. The van der Waals surface area contributed by atoms with E-state index >= 15 is 0 Å². The molecule has 0 aliphatic carbocycles. The highest BCUT2D eigenvalue weighted by Crippen LogP contribution is 2.30. The van der Waals surface area contributed by atoms with E-state index in [0.717, 1.165) is 17.7 Å². The van der Waals surface area contributed by atoms with Crippen molar-refractivity contribution in [1.82, 2.24) is 5.32 Å². The Hall–Kier alpha value is -3.27. The summed E-state index contributed by atoms with van der Waals surface area (Å²) in [6.07, 6.45) is -3.28. The molecule has 0 unspecified atom stereocenters. The van der Waals surface area contributed by atoms with Gasteiger partial charge in [0.25, 0.3) is 5.91 Å². The number of alkyl halides is 3. The Morgan fingerprint density at radius 1 is 1.12 bits per heavy atom. The van der Waals surface area contributed by atoms with Crippen LogP contribution >= 0.6 is 0 Å². The van der Waals surface area contributed by atoms with Crippen LogP contribution in [0.2, 0.25) is 0 Å². The highest BCUT2D eigenvalue weighted by atomic mass is 19.4. The number of halogens is 3. The van der Waals surface area contributed by atoms with Crippen molar-refractivity contribution >= 4 is 11.6 Å². The summed E-state index contributed by atoms with van der Waals surface area (Å²) >= 11 is 0. The van der Waals surface area contributed by atoms with Gasteiger partial charge < -0.3 is 10.6 Å². The highest BCUT2D eigenvalue weighted by Gasteiger charge is 2.30. The van der Waals surface area contributed by atoms with Crippen molar-refractivity contribution in [3.63, 3.8) is 0 Å². The molecular weight excluding hydrogens is 331 g/mol. The Labute approximate surface area is 142 Å². The van der Waals surface area contributed by atoms with Crippen molar-refractivity contribution < 1.29 is 18.0 Å². The van der Waals surface area contributed by atoms with Gasteiger partial charge in [0.1, 0.15) is 11.6 Å². The topological polar surface area (TPSA) is 64.9 Å². The molecule has 2 N–H and O–H groups in total. The smallest absolute Gasteiger partial charge is 0.386 e. The average Bonchev–Trinajstić information content (AvgIpc) is 2.59. The molecule has 0 aliphatic heterocycles. The van der Waals surface area contributed by atoms with Crippen LogP contribution in [0.5, 0.6) is 0 Å². The molecule has 0 saturated heterocycles. The predicted molar refractivity (Wildman–Crippen MR) is 87.1 cm³/mol. The molecule has 1 amide bonds. The van der Waals surface area contributed by atoms with Gasteiger partial charge in [0.15, 0.2) is 0 Å². The van der Waals surface area contributed by atoms with Crippen LogP contribution in [-0.4, -0.2) is 5.91 Å². The van der Waals surface area contributed by atoms with Crippen molar-refractivity contribution in [2.24, 2.45) is 0 Å². The van der Waals surface area contributed by atoms with E-state index in [1.807, 2.05) is 30.3 Å². The van der Waals surface area contributed by atoms with Crippen LogP contribution in [0.15, 0.2) is 66.4 Å². The first kappa shape index (κ1) is 18.1. The maximum atomic E-state index is 12.7. The fraction of sp³-hybridized carbons (Fsp3) is 0.111. The first-order valence-electron chi connectivity index (χ1n) is 7.26. The predicted octanol–water partition coefficient (Wildman–Crippen LogP) is 3.84. The van der Waals surface area contributed by atoms with Crippen molar-refractivity contribution in [3.8, 4) is 6.07 Å². The molecule has 4 nitrogen and oxygen atoms in total. The standard InChI is InChI=1S/C18H14F3N3O/c19-18(20,21)15-7-4-8-16(9-15)24-17(25)14(10-22)12-23-11-13-5-2-1-3-6-13/h1-9,12,23H,11H2,(H,24,25)/b14-12-. The van der Waals surface area contributed by atoms with E-state index in [1.54, 1.807) is 6.07 Å². The van der Waals surface area contributed by atoms with Crippen molar-refractivity contribution in [2.45, 2.75) is 12.7 Å². The maximum absolute atomic E-state index is 12.7. The lowest BCUT2D eigenvalue weighted by Gasteiger charge is -2.09. The normalized spacial score (nSPS) is 11.5. The van der Waals surface area contributed by atoms with Gasteiger partial charge in [-0.3, -0.25) is 4.79 Å². The number of carbonyl (C=O) groups is 1. The van der Waals surface area contributed by atoms with Gasteiger partial charge in [-0.05, 0) is 23.8 Å². The molecule has 0 fully saturated rings. The Balaban J connectivity index is 2.03. The molecule has 2 aromatic rings. The number of nitrogens with zero attached hydrogens (tertiary/aromatic N) is 1. The van der Waals surface area contributed by atoms with Gasteiger partial charge in [0.05, 0.1) is 5.56 Å². The van der Waals surface area contributed by atoms with Crippen molar-refractivity contribution in [1.29, 1.82) is 5.26 Å². The zero-order valence-electron chi connectivity index (χ0n) is 13.0. The number of amides is 1. The number of anilines is 1. The summed E-state index contributed by atoms with van der Waals surface area (Å²) in [4.78, 5) is 12.0. The molecule has 25 heavy (non-hydrogen) atoms. The summed E-state index contributed by atoms with van der Waals surface area (Å²) in [6, 6.07) is 15.2. The van der Waals surface area contributed by atoms with Gasteiger partial charge in [-0.25, -0.2) is 0 Å². The van der Waals surface area contributed by atoms with Crippen molar-refractivity contribution in [2.75, 3.05) is 5.32 Å². The van der Waals surface area contributed by atoms with Gasteiger partial charge in [-0.15, -0.1) is 0 Å². The summed E-state index contributed by atoms with van der Waals surface area (Å²) in [5, 5.41) is 14.2. The van der Waals surface area contributed by atoms with Crippen LogP contribution in [0.4, 0.5) is 18.9 Å². The zero-order valence-corrected chi connectivity index (χ0v) is 13.0. The second kappa shape index (κ2) is 8.02. The Morgan fingerprint density at radius 3 is 2.48 bits per heavy atom. The summed E-state index contributed by atoms with van der Waals surface area (Å²) in [5.41, 5.74) is -0.207. The minimum Gasteiger partial charge on any atom is -0.386 e. The number of carbonyl (C=O) groups excluding carboxylic acids is 1. The lowest BCUT2D eigenvalue weighted by molar-refractivity contribution is -0.137. The third-order valence-electron chi connectivity index (χ3n) is 3.21. The Kier molecular flexibility index (Phi) is 5.79. The molecule has 0 heterocycles. The number of rotatable bonds is 5. The van der Waals surface area contributed by atoms with E-state index in [-0.39, 0.29) is 11.3 Å². The quantitative estimate of drug-likeness (QED) is 0.639. The van der Waals surface area contributed by atoms with Gasteiger partial charge in [0.2, 0.25) is 0 Å². The van der Waals surface area contributed by atoms with E-state index in [2.05, 4.69) is 10.6 Å². The van der Waals surface area contributed by atoms with Crippen molar-refractivity contribution in [3.05, 3.63) is 77.5 Å². The highest BCUT2D eigenvalue weighted by molar-refractivity contribution is 6.06. The van der Waals surface area contributed by atoms with Gasteiger partial charge in [-0.2, -0.15) is 18.4 Å². The summed E-state index contributed by atoms with van der Waals surface area (Å²) in [7, 11) is 0. The first-order chi connectivity index (χ1) is 11.9. The maximum Gasteiger partial charge on any atom is 0.416 e. The van der Waals surface area contributed by atoms with E-state index in [4.69, 9.17) is 5.26 Å². The number of benzene rings is 2. The third-order valence-corrected chi connectivity index (χ3v) is 3.21. The summed E-state index contributed by atoms with van der Waals surface area (Å²) in [5.74, 6) is -0.789. The number of hydrogen-bond acceptors (Lipinski definition) is 3. The molecule has 0 aliphatic rings. The molecule has 0 saturated carbocycles. The lowest BCUT2D eigenvalue weighted by Crippen LogP contribution is -2.17. The lowest BCUT2D eigenvalue weighted by atomic mass is 10.2. The number of hydrogen-bond donors (Lipinski definition) is 2. The number of nitriles is 1. The second-order valence-corrected chi connectivity index (χ2v) is 5.07. The van der Waals surface area contributed by atoms with Crippen LogP contribution in [0, 0.1) is 11.3 Å². The van der Waals surface area contributed by atoms with Gasteiger partial charge >= 0.3 is 6.18 Å². The van der Waals surface area contributed by atoms with Crippen LogP contribution in [-0.2, 0) is 17.5 Å². The van der Waals surface area contributed by atoms with Crippen LogP contribution in [0.1, 0.15) is 11.1 Å². The fourth-order valence-corrected chi connectivity index (χ4v) is 1.99. The molecule has 0 atom stereocenters. The monoisotopic (exact) mass is 345 g/mol. The molecule has 2 aromatic carbocycles. The minimum atomic E-state index is -4.51. The van der Waals surface area contributed by atoms with Crippen LogP contribution in [0.25, 0.3) is 0 Å². The number of nitrogens with one attached hydrogen (secondary N) is 2. The third kappa shape index (κ3) is 5.39. The second-order valence-electron chi connectivity index (χ2n) is 5.07. The molecule has 128 valence electrons. The minimum absolute atomic E-state index is 0.0379. The van der Waals surface area contributed by atoms with Gasteiger partial charge in [0, 0.05) is 18.4 Å². The summed E-state index contributed by atoms with van der Waals surface area (Å²) < 4.78 is 38.0. The average molecular weight is 345 g/mol. The summed E-state index contributed by atoms with van der Waals surface area (Å²) in [6.45, 7) is 0.406. The molecule has 0 radical (unpaired) electrons. The van der Waals surface area contributed by atoms with E-state index in [9.17, 15) is 18.0 Å². The Morgan fingerprint density at radius 2 is 1.84 bits per heavy atom. The zero-order chi connectivity index (χ0) is 18.3.